The molecule has 31 heavy (non-hydrogen) atoms. The van der Waals surface area contributed by atoms with Gasteiger partial charge in [-0.05, 0) is 36.2 Å². The van der Waals surface area contributed by atoms with Crippen LogP contribution in [0.15, 0.2) is 54.6 Å². The number of hydrogen-bond donors (Lipinski definition) is 1. The Morgan fingerprint density at radius 3 is 2.39 bits per heavy atom. The molecule has 4 rings (SSSR count). The van der Waals surface area contributed by atoms with E-state index in [2.05, 4.69) is 10.3 Å². The lowest BCUT2D eigenvalue weighted by Gasteiger charge is -2.24. The number of benzene rings is 2. The topological polar surface area (TPSA) is 77.5 Å². The Morgan fingerprint density at radius 1 is 1.00 bits per heavy atom. The van der Waals surface area contributed by atoms with E-state index in [0.717, 1.165) is 22.0 Å². The molecule has 1 aliphatic heterocycles. The first-order valence-electron chi connectivity index (χ1n) is 9.98. The Bertz CT molecular complexity index is 1140. The van der Waals surface area contributed by atoms with Crippen LogP contribution < -0.4 is 5.32 Å². The van der Waals surface area contributed by atoms with E-state index in [-0.39, 0.29) is 5.15 Å². The van der Waals surface area contributed by atoms with Crippen LogP contribution in [0, 0.1) is 12.8 Å². The van der Waals surface area contributed by atoms with Crippen molar-refractivity contribution in [3.8, 4) is 0 Å². The van der Waals surface area contributed by atoms with Crippen molar-refractivity contribution >= 4 is 34.4 Å². The monoisotopic (exact) mass is 438 g/mol. The minimum atomic E-state index is -0.791. The first-order valence-corrected chi connectivity index (χ1v) is 10.4. The number of carbonyl (C=O) groups excluding carboxylic acids is 2. The molecule has 0 unspecified atom stereocenters. The lowest BCUT2D eigenvalue weighted by Crippen LogP contribution is -2.37. The zero-order valence-corrected chi connectivity index (χ0v) is 18.2. The quantitative estimate of drug-likeness (QED) is 0.491. The SMILES string of the molecule is COC(=O)[C@@H]1[C@@H](c2cc3cc(C)ccc3nc2Cl)[C@H](C(=O)OC)N[C@@H]1c1ccccc1. The molecule has 1 aliphatic rings. The summed E-state index contributed by atoms with van der Waals surface area (Å²) >= 11 is 6.60. The summed E-state index contributed by atoms with van der Waals surface area (Å²) in [6, 6.07) is 16.0. The summed E-state index contributed by atoms with van der Waals surface area (Å²) in [6.07, 6.45) is 0. The van der Waals surface area contributed by atoms with Crippen molar-refractivity contribution in [3.63, 3.8) is 0 Å². The molecule has 0 saturated carbocycles. The van der Waals surface area contributed by atoms with Crippen molar-refractivity contribution in [2.75, 3.05) is 14.2 Å². The number of fused-ring (bicyclic) bond motifs is 1. The van der Waals surface area contributed by atoms with Crippen LogP contribution in [0.25, 0.3) is 10.9 Å². The fraction of sp³-hybridized carbons (Fsp3) is 0.292. The third-order valence-corrected chi connectivity index (χ3v) is 6.16. The van der Waals surface area contributed by atoms with E-state index in [1.165, 1.54) is 14.2 Å². The fourth-order valence-corrected chi connectivity index (χ4v) is 4.71. The lowest BCUT2D eigenvalue weighted by molar-refractivity contribution is -0.146. The van der Waals surface area contributed by atoms with Gasteiger partial charge in [0.1, 0.15) is 11.2 Å². The van der Waals surface area contributed by atoms with Crippen LogP contribution in [-0.4, -0.2) is 37.2 Å². The van der Waals surface area contributed by atoms with Crippen LogP contribution in [-0.2, 0) is 19.1 Å². The molecule has 1 N–H and O–H groups in total. The number of nitrogens with one attached hydrogen (secondary N) is 1. The number of halogens is 1. The summed E-state index contributed by atoms with van der Waals surface area (Å²) in [6.45, 7) is 1.99. The molecule has 1 fully saturated rings. The smallest absolute Gasteiger partial charge is 0.323 e. The third kappa shape index (κ3) is 3.89. The van der Waals surface area contributed by atoms with E-state index in [1.807, 2.05) is 61.5 Å². The Hall–Kier alpha value is -2.96. The normalized spacial score (nSPS) is 23.0. The first kappa shape index (κ1) is 21.3. The molecule has 1 aromatic heterocycles. The van der Waals surface area contributed by atoms with Crippen molar-refractivity contribution in [1.82, 2.24) is 10.3 Å². The zero-order valence-electron chi connectivity index (χ0n) is 17.5. The van der Waals surface area contributed by atoms with Crippen LogP contribution in [0.2, 0.25) is 5.15 Å². The molecule has 0 radical (unpaired) electrons. The molecule has 0 aliphatic carbocycles. The summed E-state index contributed by atoms with van der Waals surface area (Å²) in [4.78, 5) is 30.3. The maximum absolute atomic E-state index is 13.0. The van der Waals surface area contributed by atoms with Gasteiger partial charge in [0.05, 0.1) is 25.7 Å². The van der Waals surface area contributed by atoms with Gasteiger partial charge in [0, 0.05) is 17.3 Å². The second kappa shape index (κ2) is 8.65. The molecule has 2 aromatic carbocycles. The standard InChI is InChI=1S/C24H23ClN2O4/c1-13-9-10-17-15(11-13)12-16(22(25)26-17)18-19(23(28)30-2)20(14-7-5-4-6-8-14)27-21(18)24(29)31-3/h4-12,18-21,27H,1-3H3/t18-,19-,20-,21-/m1/s1. The summed E-state index contributed by atoms with van der Waals surface area (Å²) in [5.41, 5.74) is 3.30. The number of ether oxygens (including phenoxy) is 2. The molecular formula is C24H23ClN2O4. The van der Waals surface area contributed by atoms with Crippen molar-refractivity contribution < 1.29 is 19.1 Å². The summed E-state index contributed by atoms with van der Waals surface area (Å²) < 4.78 is 10.2. The molecule has 2 heterocycles. The maximum Gasteiger partial charge on any atom is 0.323 e. The molecule has 160 valence electrons. The van der Waals surface area contributed by atoms with E-state index in [0.29, 0.717) is 5.56 Å². The molecular weight excluding hydrogens is 416 g/mol. The highest BCUT2D eigenvalue weighted by molar-refractivity contribution is 6.30. The number of esters is 2. The Balaban J connectivity index is 1.91. The fourth-order valence-electron chi connectivity index (χ4n) is 4.44. The lowest BCUT2D eigenvalue weighted by atomic mass is 9.80. The zero-order chi connectivity index (χ0) is 22.1. The van der Waals surface area contributed by atoms with Crippen LogP contribution in [0.5, 0.6) is 0 Å². The maximum atomic E-state index is 13.0. The number of rotatable bonds is 4. The third-order valence-electron chi connectivity index (χ3n) is 5.86. The Kier molecular flexibility index (Phi) is 5.94. The van der Waals surface area contributed by atoms with Crippen molar-refractivity contribution in [2.24, 2.45) is 5.92 Å². The van der Waals surface area contributed by atoms with Gasteiger partial charge in [-0.2, -0.15) is 0 Å². The molecule has 0 spiro atoms. The number of nitrogens with zero attached hydrogens (tertiary/aromatic N) is 1. The van der Waals surface area contributed by atoms with Gasteiger partial charge in [-0.1, -0.05) is 53.6 Å². The van der Waals surface area contributed by atoms with E-state index < -0.39 is 35.9 Å². The van der Waals surface area contributed by atoms with Gasteiger partial charge in [-0.15, -0.1) is 0 Å². The second-order valence-electron chi connectivity index (χ2n) is 7.70. The summed E-state index contributed by atoms with van der Waals surface area (Å²) in [7, 11) is 2.67. The average Bonchev–Trinajstić information content (AvgIpc) is 3.18. The number of hydrogen-bond acceptors (Lipinski definition) is 6. The van der Waals surface area contributed by atoms with Gasteiger partial charge in [-0.3, -0.25) is 14.9 Å². The first-order chi connectivity index (χ1) is 14.9. The van der Waals surface area contributed by atoms with Crippen LogP contribution >= 0.6 is 11.6 Å². The molecule has 7 heteroatoms. The predicted molar refractivity (Wildman–Crippen MR) is 118 cm³/mol. The van der Waals surface area contributed by atoms with Gasteiger partial charge in [0.15, 0.2) is 0 Å². The highest BCUT2D eigenvalue weighted by Gasteiger charge is 2.52. The van der Waals surface area contributed by atoms with E-state index in [1.54, 1.807) is 0 Å². The minimum Gasteiger partial charge on any atom is -0.469 e. The van der Waals surface area contributed by atoms with E-state index in [9.17, 15) is 9.59 Å². The summed E-state index contributed by atoms with van der Waals surface area (Å²) in [5, 5.41) is 4.43. The van der Waals surface area contributed by atoms with Gasteiger partial charge in [-0.25, -0.2) is 4.98 Å². The average molecular weight is 439 g/mol. The summed E-state index contributed by atoms with van der Waals surface area (Å²) in [5.74, 6) is -2.22. The van der Waals surface area contributed by atoms with Gasteiger partial charge < -0.3 is 9.47 Å². The predicted octanol–water partition coefficient (Wildman–Crippen LogP) is 3.96. The van der Waals surface area contributed by atoms with E-state index in [4.69, 9.17) is 21.1 Å². The van der Waals surface area contributed by atoms with Crippen LogP contribution in [0.4, 0.5) is 0 Å². The Labute approximate surface area is 185 Å². The molecule has 6 nitrogen and oxygen atoms in total. The molecule has 0 bridgehead atoms. The number of methoxy groups -OCH3 is 2. The van der Waals surface area contributed by atoms with Crippen LogP contribution in [0.3, 0.4) is 0 Å². The highest BCUT2D eigenvalue weighted by Crippen LogP contribution is 2.46. The van der Waals surface area contributed by atoms with E-state index >= 15 is 0 Å². The molecule has 3 aromatic rings. The number of aryl methyl sites for hydroxylation is 1. The number of pyridine rings is 1. The largest absolute Gasteiger partial charge is 0.469 e. The molecule has 1 saturated heterocycles. The second-order valence-corrected chi connectivity index (χ2v) is 8.05. The molecule has 0 amide bonds. The van der Waals surface area contributed by atoms with Gasteiger partial charge >= 0.3 is 11.9 Å². The Morgan fingerprint density at radius 2 is 1.71 bits per heavy atom. The van der Waals surface area contributed by atoms with Crippen LogP contribution in [0.1, 0.15) is 28.7 Å². The van der Waals surface area contributed by atoms with Crippen molar-refractivity contribution in [3.05, 3.63) is 76.4 Å². The number of carbonyl (C=O) groups is 2. The van der Waals surface area contributed by atoms with Gasteiger partial charge in [0.2, 0.25) is 0 Å². The highest BCUT2D eigenvalue weighted by atomic mass is 35.5. The minimum absolute atomic E-state index is 0.250. The number of aromatic nitrogens is 1. The van der Waals surface area contributed by atoms with Crippen molar-refractivity contribution in [1.29, 1.82) is 0 Å². The van der Waals surface area contributed by atoms with Gasteiger partial charge in [0.25, 0.3) is 0 Å². The van der Waals surface area contributed by atoms with Crippen molar-refractivity contribution in [2.45, 2.75) is 24.9 Å². The molecule has 4 atom stereocenters.